The Morgan fingerprint density at radius 3 is 2.37 bits per heavy atom. The Bertz CT molecular complexity index is 1120. The fourth-order valence-corrected chi connectivity index (χ4v) is 4.21. The highest BCUT2D eigenvalue weighted by Crippen LogP contribution is 2.21. The smallest absolute Gasteiger partial charge is 0.261 e. The van der Waals surface area contributed by atoms with Crippen molar-refractivity contribution >= 4 is 27.3 Å². The van der Waals surface area contributed by atoms with Gasteiger partial charge >= 0.3 is 0 Å². The van der Waals surface area contributed by atoms with Gasteiger partial charge in [-0.3, -0.25) is 9.52 Å². The zero-order valence-corrected chi connectivity index (χ0v) is 18.0. The first-order valence-electron chi connectivity index (χ1n) is 9.98. The van der Waals surface area contributed by atoms with E-state index in [1.807, 2.05) is 43.3 Å². The Labute approximate surface area is 178 Å². The first kappa shape index (κ1) is 21.6. The van der Waals surface area contributed by atoms with Gasteiger partial charge in [0.15, 0.2) is 0 Å². The van der Waals surface area contributed by atoms with Gasteiger partial charge in [-0.2, -0.15) is 0 Å². The van der Waals surface area contributed by atoms with Crippen molar-refractivity contribution in [3.63, 3.8) is 0 Å². The van der Waals surface area contributed by atoms with Gasteiger partial charge in [0.2, 0.25) is 0 Å². The zero-order valence-electron chi connectivity index (χ0n) is 17.2. The molecule has 0 radical (unpaired) electrons. The lowest BCUT2D eigenvalue weighted by molar-refractivity contribution is 0.102. The molecule has 0 spiro atoms. The molecule has 0 bridgehead atoms. The van der Waals surface area contributed by atoms with Crippen LogP contribution in [0.3, 0.4) is 0 Å². The minimum atomic E-state index is -3.81. The molecule has 0 unspecified atom stereocenters. The lowest BCUT2D eigenvalue weighted by Gasteiger charge is -2.11. The highest BCUT2D eigenvalue weighted by atomic mass is 32.2. The largest absolute Gasteiger partial charge is 0.322 e. The number of unbranched alkanes of at least 4 members (excludes halogenated alkanes) is 1. The van der Waals surface area contributed by atoms with Gasteiger partial charge < -0.3 is 5.32 Å². The molecule has 3 aromatic carbocycles. The number of hydrogen-bond donors (Lipinski definition) is 2. The maximum absolute atomic E-state index is 12.8. The molecule has 0 aliphatic rings. The van der Waals surface area contributed by atoms with Crippen molar-refractivity contribution < 1.29 is 13.2 Å². The third-order valence-corrected chi connectivity index (χ3v) is 6.19. The molecule has 0 saturated carbocycles. The molecule has 3 aromatic rings. The molecule has 0 heterocycles. The Balaban J connectivity index is 1.74. The number of carbonyl (C=O) groups excluding carboxylic acids is 1. The average Bonchev–Trinajstić information content (AvgIpc) is 2.75. The number of nitrogens with one attached hydrogen (secondary N) is 2. The molecule has 0 saturated heterocycles. The van der Waals surface area contributed by atoms with Crippen LogP contribution in [-0.2, 0) is 16.4 Å². The number of sulfonamides is 1. The highest BCUT2D eigenvalue weighted by molar-refractivity contribution is 7.92. The average molecular weight is 423 g/mol. The van der Waals surface area contributed by atoms with E-state index < -0.39 is 10.0 Å². The first-order valence-corrected chi connectivity index (χ1v) is 11.5. The first-order chi connectivity index (χ1) is 14.4. The van der Waals surface area contributed by atoms with E-state index in [9.17, 15) is 13.2 Å². The van der Waals surface area contributed by atoms with Crippen LogP contribution in [0.2, 0.25) is 0 Å². The standard InChI is InChI=1S/C24H26N2O3S/c1-3-4-9-19-13-15-21(16-14-19)25-24(27)20-10-7-11-22(17-20)30(28,29)26-23-12-6-5-8-18(23)2/h5-8,10-17,26H,3-4,9H2,1-2H3,(H,25,27). The Morgan fingerprint density at radius 1 is 0.933 bits per heavy atom. The molecule has 2 N–H and O–H groups in total. The number of rotatable bonds is 8. The van der Waals surface area contributed by atoms with E-state index in [0.717, 1.165) is 24.8 Å². The van der Waals surface area contributed by atoms with E-state index in [-0.39, 0.29) is 16.4 Å². The maximum Gasteiger partial charge on any atom is 0.261 e. The molecule has 0 atom stereocenters. The van der Waals surface area contributed by atoms with Gasteiger partial charge in [0.05, 0.1) is 10.6 Å². The summed E-state index contributed by atoms with van der Waals surface area (Å²) >= 11 is 0. The number of hydrogen-bond acceptors (Lipinski definition) is 3. The summed E-state index contributed by atoms with van der Waals surface area (Å²) < 4.78 is 28.1. The SMILES string of the molecule is CCCCc1ccc(NC(=O)c2cccc(S(=O)(=O)Nc3ccccc3C)c2)cc1. The molecule has 0 aliphatic carbocycles. The molecule has 30 heavy (non-hydrogen) atoms. The van der Waals surface area contributed by atoms with E-state index in [4.69, 9.17) is 0 Å². The molecule has 3 rings (SSSR count). The molecule has 0 fully saturated rings. The van der Waals surface area contributed by atoms with Gasteiger partial charge in [0, 0.05) is 11.3 Å². The molecular formula is C24H26N2O3S. The molecule has 156 valence electrons. The summed E-state index contributed by atoms with van der Waals surface area (Å²) in [6.45, 7) is 3.98. The maximum atomic E-state index is 12.8. The van der Waals surface area contributed by atoms with E-state index in [1.165, 1.54) is 17.7 Å². The van der Waals surface area contributed by atoms with Crippen molar-refractivity contribution in [3.8, 4) is 0 Å². The van der Waals surface area contributed by atoms with Crippen LogP contribution < -0.4 is 10.0 Å². The van der Waals surface area contributed by atoms with Crippen molar-refractivity contribution in [3.05, 3.63) is 89.5 Å². The number of benzene rings is 3. The summed E-state index contributed by atoms with van der Waals surface area (Å²) in [5.41, 5.74) is 3.50. The summed E-state index contributed by atoms with van der Waals surface area (Å²) in [5, 5.41) is 2.82. The second-order valence-corrected chi connectivity index (χ2v) is 8.89. The number of amides is 1. The van der Waals surface area contributed by atoms with E-state index in [0.29, 0.717) is 11.4 Å². The minimum Gasteiger partial charge on any atom is -0.322 e. The Morgan fingerprint density at radius 2 is 1.67 bits per heavy atom. The van der Waals surface area contributed by atoms with Gasteiger partial charge in [0.1, 0.15) is 0 Å². The molecular weight excluding hydrogens is 396 g/mol. The van der Waals surface area contributed by atoms with Crippen molar-refractivity contribution in [1.82, 2.24) is 0 Å². The summed E-state index contributed by atoms with van der Waals surface area (Å²) in [5.74, 6) is -0.357. The van der Waals surface area contributed by atoms with Crippen LogP contribution in [-0.4, -0.2) is 14.3 Å². The van der Waals surface area contributed by atoms with Crippen LogP contribution in [0.5, 0.6) is 0 Å². The number of para-hydroxylation sites is 1. The number of aryl methyl sites for hydroxylation is 2. The summed E-state index contributed by atoms with van der Waals surface area (Å²) in [4.78, 5) is 12.7. The van der Waals surface area contributed by atoms with Gasteiger partial charge in [-0.1, -0.05) is 49.7 Å². The predicted octanol–water partition coefficient (Wildman–Crippen LogP) is 5.39. The summed E-state index contributed by atoms with van der Waals surface area (Å²) in [6, 6.07) is 20.9. The number of anilines is 2. The second kappa shape index (κ2) is 9.59. The Kier molecular flexibility index (Phi) is 6.90. The molecule has 5 nitrogen and oxygen atoms in total. The number of carbonyl (C=O) groups is 1. The van der Waals surface area contributed by atoms with Crippen molar-refractivity contribution in [2.75, 3.05) is 10.0 Å². The third kappa shape index (κ3) is 5.48. The van der Waals surface area contributed by atoms with Crippen LogP contribution in [0.25, 0.3) is 0 Å². The highest BCUT2D eigenvalue weighted by Gasteiger charge is 2.17. The normalized spacial score (nSPS) is 11.1. The monoisotopic (exact) mass is 422 g/mol. The van der Waals surface area contributed by atoms with Gasteiger partial charge in [-0.15, -0.1) is 0 Å². The summed E-state index contributed by atoms with van der Waals surface area (Å²) in [6.07, 6.45) is 3.28. The quantitative estimate of drug-likeness (QED) is 0.511. The zero-order chi connectivity index (χ0) is 21.6. The predicted molar refractivity (Wildman–Crippen MR) is 121 cm³/mol. The lowest BCUT2D eigenvalue weighted by Crippen LogP contribution is -2.16. The molecule has 0 aromatic heterocycles. The summed E-state index contributed by atoms with van der Waals surface area (Å²) in [7, 11) is -3.81. The van der Waals surface area contributed by atoms with Crippen LogP contribution in [0.15, 0.2) is 77.7 Å². The second-order valence-electron chi connectivity index (χ2n) is 7.20. The van der Waals surface area contributed by atoms with Gasteiger partial charge in [-0.05, 0) is 67.3 Å². The molecule has 6 heteroatoms. The topological polar surface area (TPSA) is 75.3 Å². The molecule has 1 amide bonds. The van der Waals surface area contributed by atoms with Crippen LogP contribution >= 0.6 is 0 Å². The van der Waals surface area contributed by atoms with Crippen molar-refractivity contribution in [2.24, 2.45) is 0 Å². The van der Waals surface area contributed by atoms with Gasteiger partial charge in [0.25, 0.3) is 15.9 Å². The van der Waals surface area contributed by atoms with E-state index in [2.05, 4.69) is 17.0 Å². The van der Waals surface area contributed by atoms with Crippen LogP contribution in [0.1, 0.15) is 41.3 Å². The van der Waals surface area contributed by atoms with Crippen molar-refractivity contribution in [1.29, 1.82) is 0 Å². The Hall–Kier alpha value is -3.12. The third-order valence-electron chi connectivity index (χ3n) is 4.83. The van der Waals surface area contributed by atoms with Crippen LogP contribution in [0.4, 0.5) is 11.4 Å². The van der Waals surface area contributed by atoms with Crippen LogP contribution in [0, 0.1) is 6.92 Å². The lowest BCUT2D eigenvalue weighted by atomic mass is 10.1. The van der Waals surface area contributed by atoms with E-state index >= 15 is 0 Å². The van der Waals surface area contributed by atoms with Crippen molar-refractivity contribution in [2.45, 2.75) is 38.0 Å². The van der Waals surface area contributed by atoms with E-state index in [1.54, 1.807) is 24.3 Å². The minimum absolute atomic E-state index is 0.0355. The fraction of sp³-hybridized carbons (Fsp3) is 0.208. The molecule has 0 aliphatic heterocycles. The fourth-order valence-electron chi connectivity index (χ4n) is 3.03. The van der Waals surface area contributed by atoms with Gasteiger partial charge in [-0.25, -0.2) is 8.42 Å².